The maximum Gasteiger partial charge on any atom is 0.273 e. The first-order chi connectivity index (χ1) is 15.9. The van der Waals surface area contributed by atoms with Gasteiger partial charge >= 0.3 is 0 Å². The summed E-state index contributed by atoms with van der Waals surface area (Å²) in [6.07, 6.45) is 4.60. The van der Waals surface area contributed by atoms with Crippen LogP contribution in [0.15, 0.2) is 36.7 Å². The monoisotopic (exact) mass is 480 g/mol. The van der Waals surface area contributed by atoms with Crippen LogP contribution in [-0.4, -0.2) is 69.6 Å². The smallest absolute Gasteiger partial charge is 0.273 e. The van der Waals surface area contributed by atoms with Gasteiger partial charge in [0.15, 0.2) is 0 Å². The number of rotatable bonds is 5. The van der Waals surface area contributed by atoms with Crippen LogP contribution < -0.4 is 0 Å². The lowest BCUT2D eigenvalue weighted by atomic mass is 10.1. The third kappa shape index (κ3) is 4.14. The summed E-state index contributed by atoms with van der Waals surface area (Å²) in [4.78, 5) is 27.5. The van der Waals surface area contributed by atoms with Crippen LogP contribution in [0.1, 0.15) is 22.5 Å². The van der Waals surface area contributed by atoms with Crippen molar-refractivity contribution >= 4 is 39.7 Å². The molecular weight excluding hydrogens is 456 g/mol. The van der Waals surface area contributed by atoms with E-state index in [-0.39, 0.29) is 5.91 Å². The average Bonchev–Trinajstić information content (AvgIpc) is 3.54. The number of likely N-dealkylation sites (tertiary alicyclic amines) is 1. The van der Waals surface area contributed by atoms with Crippen molar-refractivity contribution in [3.8, 4) is 21.1 Å². The van der Waals surface area contributed by atoms with Crippen molar-refractivity contribution in [3.05, 3.63) is 52.9 Å². The molecule has 4 heterocycles. The first kappa shape index (κ1) is 22.0. The highest BCUT2D eigenvalue weighted by Gasteiger charge is 2.28. The molecule has 1 fully saturated rings. The second-order valence-electron chi connectivity index (χ2n) is 8.71. The van der Waals surface area contributed by atoms with Crippen molar-refractivity contribution in [1.29, 1.82) is 0 Å². The molecule has 0 aliphatic carbocycles. The molecule has 1 aliphatic heterocycles. The van der Waals surface area contributed by atoms with E-state index in [1.807, 2.05) is 38.2 Å². The molecule has 33 heavy (non-hydrogen) atoms. The number of aromatic nitrogens is 4. The van der Waals surface area contributed by atoms with Gasteiger partial charge in [-0.1, -0.05) is 17.7 Å². The molecule has 0 bridgehead atoms. The number of fused-ring (bicyclic) bond motifs is 1. The Morgan fingerprint density at radius 2 is 2.21 bits per heavy atom. The number of hydrogen-bond donors (Lipinski definition) is 1. The SMILES string of the molecule is Cc1c(Cl)ccc2c(-c3nc(C(=O)N(C)CC4CCN(C)C4)c(-c4cccnc4)s3)n[nH]c12. The fraction of sp³-hybridized carbons (Fsp3) is 0.333. The Hall–Kier alpha value is -2.81. The molecule has 9 heteroatoms. The molecule has 1 N–H and O–H groups in total. The number of nitrogens with one attached hydrogen (secondary N) is 1. The number of aromatic amines is 1. The van der Waals surface area contributed by atoms with E-state index in [9.17, 15) is 4.79 Å². The molecule has 1 aliphatic rings. The van der Waals surface area contributed by atoms with Gasteiger partial charge in [-0.25, -0.2) is 4.98 Å². The number of halogens is 1. The molecular formula is C24H25ClN6OS. The first-order valence-electron chi connectivity index (χ1n) is 10.9. The van der Waals surface area contributed by atoms with Crippen LogP contribution in [0.2, 0.25) is 5.02 Å². The van der Waals surface area contributed by atoms with E-state index in [2.05, 4.69) is 27.1 Å². The van der Waals surface area contributed by atoms with E-state index >= 15 is 0 Å². The van der Waals surface area contributed by atoms with Crippen molar-refractivity contribution in [2.24, 2.45) is 5.92 Å². The number of aryl methyl sites for hydroxylation is 1. The van der Waals surface area contributed by atoms with Crippen LogP contribution >= 0.6 is 22.9 Å². The number of thiazole rings is 1. The van der Waals surface area contributed by atoms with E-state index in [1.54, 1.807) is 17.3 Å². The van der Waals surface area contributed by atoms with Gasteiger partial charge in [0.25, 0.3) is 5.91 Å². The maximum atomic E-state index is 13.5. The van der Waals surface area contributed by atoms with Gasteiger partial charge in [0.1, 0.15) is 16.4 Å². The Kier molecular flexibility index (Phi) is 5.90. The van der Waals surface area contributed by atoms with Gasteiger partial charge in [0, 0.05) is 48.5 Å². The number of hydrogen-bond acceptors (Lipinski definition) is 6. The van der Waals surface area contributed by atoms with Crippen molar-refractivity contribution in [3.63, 3.8) is 0 Å². The molecule has 1 saturated heterocycles. The van der Waals surface area contributed by atoms with Gasteiger partial charge in [-0.15, -0.1) is 11.3 Å². The Balaban J connectivity index is 1.55. The minimum atomic E-state index is -0.0787. The lowest BCUT2D eigenvalue weighted by Crippen LogP contribution is -2.33. The number of amides is 1. The summed E-state index contributed by atoms with van der Waals surface area (Å²) >= 11 is 7.75. The number of carbonyl (C=O) groups excluding carboxylic acids is 1. The van der Waals surface area contributed by atoms with E-state index in [0.29, 0.717) is 28.2 Å². The van der Waals surface area contributed by atoms with Gasteiger partial charge in [-0.2, -0.15) is 5.10 Å². The topological polar surface area (TPSA) is 78.0 Å². The number of nitrogens with zero attached hydrogens (tertiary/aromatic N) is 5. The Morgan fingerprint density at radius 1 is 1.36 bits per heavy atom. The largest absolute Gasteiger partial charge is 0.340 e. The van der Waals surface area contributed by atoms with Gasteiger partial charge in [-0.3, -0.25) is 14.9 Å². The third-order valence-corrected chi connectivity index (χ3v) is 7.78. The molecule has 1 aromatic carbocycles. The van der Waals surface area contributed by atoms with Crippen LogP contribution in [-0.2, 0) is 0 Å². The fourth-order valence-corrected chi connectivity index (χ4v) is 5.66. The quantitative estimate of drug-likeness (QED) is 0.446. The summed E-state index contributed by atoms with van der Waals surface area (Å²) in [6, 6.07) is 7.64. The van der Waals surface area contributed by atoms with Crippen LogP contribution in [0.5, 0.6) is 0 Å². The predicted molar refractivity (Wildman–Crippen MR) is 133 cm³/mol. The minimum absolute atomic E-state index is 0.0787. The standard InChI is InChI=1S/C24H25ClN6OS/c1-14-18(25)7-6-17-19(14)28-29-20(17)23-27-21(22(33-23)16-5-4-9-26-11-16)24(32)31(3)13-15-8-10-30(2)12-15/h4-7,9,11,15H,8,10,12-13H2,1-3H3,(H,28,29). The Morgan fingerprint density at radius 3 is 2.94 bits per heavy atom. The lowest BCUT2D eigenvalue weighted by Gasteiger charge is -2.21. The summed E-state index contributed by atoms with van der Waals surface area (Å²) in [5.74, 6) is 0.400. The molecule has 0 spiro atoms. The van der Waals surface area contributed by atoms with Crippen LogP contribution in [0.3, 0.4) is 0 Å². The summed E-state index contributed by atoms with van der Waals surface area (Å²) in [5.41, 5.74) is 3.86. The molecule has 0 saturated carbocycles. The molecule has 1 amide bonds. The van der Waals surface area contributed by atoms with Crippen molar-refractivity contribution in [2.45, 2.75) is 13.3 Å². The summed E-state index contributed by atoms with van der Waals surface area (Å²) in [5, 5.41) is 9.93. The zero-order valence-electron chi connectivity index (χ0n) is 18.8. The molecule has 1 atom stereocenters. The number of H-pyrrole nitrogens is 1. The molecule has 170 valence electrons. The molecule has 4 aromatic rings. The number of carbonyl (C=O) groups is 1. The zero-order chi connectivity index (χ0) is 23.1. The summed E-state index contributed by atoms with van der Waals surface area (Å²) in [7, 11) is 3.99. The first-order valence-corrected chi connectivity index (χ1v) is 12.1. The Bertz CT molecular complexity index is 1320. The molecule has 3 aromatic heterocycles. The predicted octanol–water partition coefficient (Wildman–Crippen LogP) is 4.73. The average molecular weight is 481 g/mol. The van der Waals surface area contributed by atoms with Gasteiger partial charge in [-0.05, 0) is 56.6 Å². The highest BCUT2D eigenvalue weighted by molar-refractivity contribution is 7.18. The van der Waals surface area contributed by atoms with Gasteiger partial charge < -0.3 is 9.80 Å². The van der Waals surface area contributed by atoms with E-state index < -0.39 is 0 Å². The molecule has 7 nitrogen and oxygen atoms in total. The van der Waals surface area contributed by atoms with Gasteiger partial charge in [0.05, 0.1) is 10.4 Å². The Labute approximate surface area is 201 Å². The van der Waals surface area contributed by atoms with Crippen LogP contribution in [0.25, 0.3) is 32.0 Å². The molecule has 0 radical (unpaired) electrons. The van der Waals surface area contributed by atoms with Crippen molar-refractivity contribution in [2.75, 3.05) is 33.7 Å². The van der Waals surface area contributed by atoms with Crippen molar-refractivity contribution < 1.29 is 4.79 Å². The van der Waals surface area contributed by atoms with E-state index in [1.165, 1.54) is 11.3 Å². The number of benzene rings is 1. The maximum absolute atomic E-state index is 13.5. The van der Waals surface area contributed by atoms with Gasteiger partial charge in [0.2, 0.25) is 0 Å². The second kappa shape index (κ2) is 8.85. The van der Waals surface area contributed by atoms with Crippen LogP contribution in [0.4, 0.5) is 0 Å². The third-order valence-electron chi connectivity index (χ3n) is 6.26. The van der Waals surface area contributed by atoms with Crippen molar-refractivity contribution in [1.82, 2.24) is 30.0 Å². The minimum Gasteiger partial charge on any atom is -0.340 e. The number of pyridine rings is 1. The summed E-state index contributed by atoms with van der Waals surface area (Å²) < 4.78 is 0. The summed E-state index contributed by atoms with van der Waals surface area (Å²) in [6.45, 7) is 4.76. The normalized spacial score (nSPS) is 16.5. The highest BCUT2D eigenvalue weighted by Crippen LogP contribution is 2.38. The lowest BCUT2D eigenvalue weighted by molar-refractivity contribution is 0.0770. The molecule has 5 rings (SSSR count). The van der Waals surface area contributed by atoms with E-state index in [0.717, 1.165) is 52.1 Å². The molecule has 1 unspecified atom stereocenters. The van der Waals surface area contributed by atoms with Crippen LogP contribution in [0, 0.1) is 12.8 Å². The second-order valence-corrected chi connectivity index (χ2v) is 10.1. The highest BCUT2D eigenvalue weighted by atomic mass is 35.5. The zero-order valence-corrected chi connectivity index (χ0v) is 20.4. The van der Waals surface area contributed by atoms with E-state index in [4.69, 9.17) is 16.6 Å². The fourth-order valence-electron chi connectivity index (χ4n) is 4.45.